The van der Waals surface area contributed by atoms with Crippen LogP contribution in [0.3, 0.4) is 0 Å². The van der Waals surface area contributed by atoms with E-state index in [0.717, 1.165) is 5.56 Å². The molecule has 2 heterocycles. The molecule has 1 fully saturated rings. The highest BCUT2D eigenvalue weighted by Crippen LogP contribution is 2.23. The predicted octanol–water partition coefficient (Wildman–Crippen LogP) is 0.564. The molecule has 1 unspecified atom stereocenters. The van der Waals surface area contributed by atoms with Crippen LogP contribution in [0.25, 0.3) is 11.0 Å². The van der Waals surface area contributed by atoms with Crippen LogP contribution in [-0.4, -0.2) is 33.6 Å². The van der Waals surface area contributed by atoms with Crippen molar-refractivity contribution in [1.82, 2.24) is 19.8 Å². The van der Waals surface area contributed by atoms with Gasteiger partial charge in [0.2, 0.25) is 11.8 Å². The molecule has 9 heteroatoms. The number of fused-ring (bicyclic) bond motifs is 1. The van der Waals surface area contributed by atoms with E-state index >= 15 is 0 Å². The zero-order chi connectivity index (χ0) is 18.8. The fourth-order valence-corrected chi connectivity index (χ4v) is 3.11. The Hall–Kier alpha value is -3.10. The lowest BCUT2D eigenvalue weighted by Crippen LogP contribution is -2.44. The number of piperidine rings is 1. The molecule has 0 bridgehead atoms. The minimum absolute atomic E-state index is 0.195. The molecule has 3 amide bonds. The molecular weight excluding hydrogens is 340 g/mol. The van der Waals surface area contributed by atoms with E-state index in [1.165, 1.54) is 9.13 Å². The first kappa shape index (κ1) is 17.7. The summed E-state index contributed by atoms with van der Waals surface area (Å²) in [5.74, 6) is -0.796. The third-order valence-electron chi connectivity index (χ3n) is 4.39. The summed E-state index contributed by atoms with van der Waals surface area (Å²) in [6.07, 6.45) is -0.0287. The Morgan fingerprint density at radius 3 is 2.77 bits per heavy atom. The number of hydrogen-bond acceptors (Lipinski definition) is 5. The number of aromatic nitrogens is 2. The number of carbonyl (C=O) groups excluding carboxylic acids is 3. The minimum Gasteiger partial charge on any atom is -0.450 e. The van der Waals surface area contributed by atoms with E-state index in [0.29, 0.717) is 11.0 Å². The van der Waals surface area contributed by atoms with Crippen LogP contribution in [-0.2, 0) is 27.9 Å². The Balaban J connectivity index is 1.93. The minimum atomic E-state index is -0.715. The summed E-state index contributed by atoms with van der Waals surface area (Å²) in [4.78, 5) is 47.6. The molecular formula is C17H20N4O5. The van der Waals surface area contributed by atoms with E-state index in [4.69, 9.17) is 4.74 Å². The van der Waals surface area contributed by atoms with Gasteiger partial charge in [0.05, 0.1) is 17.6 Å². The molecule has 2 N–H and O–H groups in total. The van der Waals surface area contributed by atoms with Gasteiger partial charge in [0.1, 0.15) is 6.04 Å². The van der Waals surface area contributed by atoms with Gasteiger partial charge < -0.3 is 10.1 Å². The van der Waals surface area contributed by atoms with Crippen LogP contribution in [0, 0.1) is 0 Å². The molecule has 1 aromatic carbocycles. The zero-order valence-electron chi connectivity index (χ0n) is 14.6. The van der Waals surface area contributed by atoms with Crippen molar-refractivity contribution in [2.45, 2.75) is 32.4 Å². The normalized spacial score (nSPS) is 17.2. The van der Waals surface area contributed by atoms with Gasteiger partial charge in [0, 0.05) is 20.0 Å². The third kappa shape index (κ3) is 3.19. The lowest BCUT2D eigenvalue weighted by atomic mass is 10.1. The molecule has 1 aliphatic rings. The van der Waals surface area contributed by atoms with Gasteiger partial charge in [-0.05, 0) is 31.0 Å². The molecule has 3 rings (SSSR count). The van der Waals surface area contributed by atoms with Crippen LogP contribution in [0.2, 0.25) is 0 Å². The molecule has 138 valence electrons. The molecule has 1 saturated heterocycles. The Morgan fingerprint density at radius 2 is 2.08 bits per heavy atom. The van der Waals surface area contributed by atoms with E-state index in [9.17, 15) is 19.2 Å². The number of nitrogens with one attached hydrogen (secondary N) is 2. The monoisotopic (exact) mass is 360 g/mol. The van der Waals surface area contributed by atoms with Crippen molar-refractivity contribution in [1.29, 1.82) is 0 Å². The number of rotatable bonds is 4. The smallest absolute Gasteiger partial charge is 0.407 e. The maximum atomic E-state index is 12.6. The topological polar surface area (TPSA) is 111 Å². The number of nitrogens with zero attached hydrogens (tertiary/aromatic N) is 2. The SMILES string of the molecule is CCOC(=O)NCc1ccc2c(c1)n(C)c(=O)n2C1CCC(=O)NC1=O. The second-order valence-electron chi connectivity index (χ2n) is 6.08. The van der Waals surface area contributed by atoms with Crippen molar-refractivity contribution >= 4 is 28.9 Å². The van der Waals surface area contributed by atoms with Crippen molar-refractivity contribution in [3.8, 4) is 0 Å². The second kappa shape index (κ2) is 7.03. The number of alkyl carbamates (subject to hydrolysis) is 1. The summed E-state index contributed by atoms with van der Waals surface area (Å²) in [6.45, 7) is 2.26. The number of imidazole rings is 1. The quantitative estimate of drug-likeness (QED) is 0.774. The molecule has 0 saturated carbocycles. The van der Waals surface area contributed by atoms with Crippen molar-refractivity contribution in [2.75, 3.05) is 6.61 Å². The molecule has 2 aromatic rings. The van der Waals surface area contributed by atoms with Gasteiger partial charge in [-0.2, -0.15) is 0 Å². The fraction of sp³-hybridized carbons (Fsp3) is 0.412. The highest BCUT2D eigenvalue weighted by molar-refractivity contribution is 6.00. The van der Waals surface area contributed by atoms with E-state index in [1.807, 2.05) is 0 Å². The van der Waals surface area contributed by atoms with E-state index in [2.05, 4.69) is 10.6 Å². The Kier molecular flexibility index (Phi) is 4.79. The highest BCUT2D eigenvalue weighted by Gasteiger charge is 2.31. The van der Waals surface area contributed by atoms with Gasteiger partial charge in [0.25, 0.3) is 0 Å². The summed E-state index contributed by atoms with van der Waals surface area (Å²) in [6, 6.07) is 4.58. The maximum Gasteiger partial charge on any atom is 0.407 e. The predicted molar refractivity (Wildman–Crippen MR) is 92.5 cm³/mol. The Labute approximate surface area is 148 Å². The Morgan fingerprint density at radius 1 is 1.31 bits per heavy atom. The number of benzene rings is 1. The van der Waals surface area contributed by atoms with Crippen molar-refractivity contribution in [3.63, 3.8) is 0 Å². The van der Waals surface area contributed by atoms with Gasteiger partial charge >= 0.3 is 11.8 Å². The summed E-state index contributed by atoms with van der Waals surface area (Å²) < 4.78 is 7.68. The van der Waals surface area contributed by atoms with Crippen LogP contribution in [0.15, 0.2) is 23.0 Å². The maximum absolute atomic E-state index is 12.6. The molecule has 1 aromatic heterocycles. The van der Waals surface area contributed by atoms with Crippen molar-refractivity contribution in [3.05, 3.63) is 34.2 Å². The van der Waals surface area contributed by atoms with Crippen molar-refractivity contribution < 1.29 is 19.1 Å². The van der Waals surface area contributed by atoms with Gasteiger partial charge in [-0.25, -0.2) is 9.59 Å². The molecule has 26 heavy (non-hydrogen) atoms. The number of ether oxygens (including phenoxy) is 1. The molecule has 0 aliphatic carbocycles. The molecule has 0 radical (unpaired) electrons. The molecule has 1 atom stereocenters. The average molecular weight is 360 g/mol. The largest absolute Gasteiger partial charge is 0.450 e. The van der Waals surface area contributed by atoms with Crippen molar-refractivity contribution in [2.24, 2.45) is 7.05 Å². The van der Waals surface area contributed by atoms with E-state index < -0.39 is 18.0 Å². The summed E-state index contributed by atoms with van der Waals surface area (Å²) >= 11 is 0. The first-order valence-electron chi connectivity index (χ1n) is 8.36. The number of carbonyl (C=O) groups is 3. The molecule has 9 nitrogen and oxygen atoms in total. The van der Waals surface area contributed by atoms with Crippen LogP contribution in [0.5, 0.6) is 0 Å². The van der Waals surface area contributed by atoms with Crippen LogP contribution < -0.4 is 16.3 Å². The van der Waals surface area contributed by atoms with E-state index in [-0.39, 0.29) is 37.6 Å². The lowest BCUT2D eigenvalue weighted by molar-refractivity contribution is -0.135. The lowest BCUT2D eigenvalue weighted by Gasteiger charge is -2.21. The third-order valence-corrected chi connectivity index (χ3v) is 4.39. The number of hydrogen-bond donors (Lipinski definition) is 2. The second-order valence-corrected chi connectivity index (χ2v) is 6.08. The highest BCUT2D eigenvalue weighted by atomic mass is 16.5. The average Bonchev–Trinajstić information content (AvgIpc) is 2.85. The molecule has 0 spiro atoms. The van der Waals surface area contributed by atoms with E-state index in [1.54, 1.807) is 32.2 Å². The van der Waals surface area contributed by atoms with Gasteiger partial charge in [0.15, 0.2) is 0 Å². The van der Waals surface area contributed by atoms with Crippen LogP contribution >= 0.6 is 0 Å². The van der Waals surface area contributed by atoms with Crippen LogP contribution in [0.4, 0.5) is 4.79 Å². The first-order valence-corrected chi connectivity index (χ1v) is 8.36. The van der Waals surface area contributed by atoms with Crippen LogP contribution in [0.1, 0.15) is 31.4 Å². The van der Waals surface area contributed by atoms with Gasteiger partial charge in [-0.3, -0.25) is 24.0 Å². The first-order chi connectivity index (χ1) is 12.4. The molecule has 1 aliphatic heterocycles. The number of aryl methyl sites for hydroxylation is 1. The summed E-state index contributed by atoms with van der Waals surface area (Å²) in [7, 11) is 1.62. The number of amides is 3. The van der Waals surface area contributed by atoms with Gasteiger partial charge in [-0.1, -0.05) is 6.07 Å². The standard InChI is InChI=1S/C17H20N4O5/c1-3-26-16(24)18-9-10-4-5-11-13(8-10)20(2)17(25)21(11)12-6-7-14(22)19-15(12)23/h4-5,8,12H,3,6-7,9H2,1-2H3,(H,18,24)(H,19,22,23). The fourth-order valence-electron chi connectivity index (χ4n) is 3.11. The number of imide groups is 1. The zero-order valence-corrected chi connectivity index (χ0v) is 14.6. The summed E-state index contributed by atoms with van der Waals surface area (Å²) in [5.41, 5.74) is 1.71. The van der Waals surface area contributed by atoms with Gasteiger partial charge in [-0.15, -0.1) is 0 Å². The summed E-state index contributed by atoms with van der Waals surface area (Å²) in [5, 5.41) is 4.90. The Bertz CT molecular complexity index is 943.